The van der Waals surface area contributed by atoms with Gasteiger partial charge in [0.15, 0.2) is 0 Å². The van der Waals surface area contributed by atoms with E-state index < -0.39 is 0 Å². The fourth-order valence-corrected chi connectivity index (χ4v) is 2.44. The normalized spacial score (nSPS) is 10.6. The third-order valence-electron chi connectivity index (χ3n) is 3.19. The van der Waals surface area contributed by atoms with E-state index in [1.807, 2.05) is 19.1 Å². The van der Waals surface area contributed by atoms with Crippen LogP contribution in [0.2, 0.25) is 0 Å². The number of ether oxygens (including phenoxy) is 2. The molecule has 0 atom stereocenters. The molecule has 0 spiro atoms. The van der Waals surface area contributed by atoms with Gasteiger partial charge in [0.05, 0.1) is 24.9 Å². The lowest BCUT2D eigenvalue weighted by Crippen LogP contribution is -2.17. The Labute approximate surface area is 143 Å². The van der Waals surface area contributed by atoms with Crippen LogP contribution in [0.25, 0.3) is 0 Å². The highest BCUT2D eigenvalue weighted by molar-refractivity contribution is 9.10. The quantitative estimate of drug-likeness (QED) is 0.641. The molecule has 0 aliphatic carbocycles. The number of hydrogen-bond acceptors (Lipinski definition) is 4. The van der Waals surface area contributed by atoms with Crippen LogP contribution in [0.1, 0.15) is 21.5 Å². The first-order valence-corrected chi connectivity index (χ1v) is 7.66. The molecule has 5 nitrogen and oxygen atoms in total. The first kappa shape index (κ1) is 17.0. The number of hydrazone groups is 1. The lowest BCUT2D eigenvalue weighted by Gasteiger charge is -2.09. The minimum absolute atomic E-state index is 0.271. The maximum absolute atomic E-state index is 12.0. The molecule has 1 N–H and O–H groups in total. The van der Waals surface area contributed by atoms with E-state index >= 15 is 0 Å². The lowest BCUT2D eigenvalue weighted by molar-refractivity contribution is 0.0955. The third kappa shape index (κ3) is 4.32. The Morgan fingerprint density at radius 2 is 1.78 bits per heavy atom. The zero-order valence-electron chi connectivity index (χ0n) is 13.1. The van der Waals surface area contributed by atoms with E-state index in [9.17, 15) is 4.79 Å². The predicted octanol–water partition coefficient (Wildman–Crippen LogP) is 3.54. The first-order chi connectivity index (χ1) is 11.0. The predicted molar refractivity (Wildman–Crippen MR) is 93.5 cm³/mol. The van der Waals surface area contributed by atoms with E-state index in [-0.39, 0.29) is 5.91 Å². The van der Waals surface area contributed by atoms with Crippen LogP contribution in [-0.2, 0) is 0 Å². The zero-order valence-corrected chi connectivity index (χ0v) is 14.7. The summed E-state index contributed by atoms with van der Waals surface area (Å²) in [7, 11) is 3.14. The molecule has 2 aromatic carbocycles. The summed E-state index contributed by atoms with van der Waals surface area (Å²) < 4.78 is 11.3. The third-order valence-corrected chi connectivity index (χ3v) is 3.81. The molecule has 2 aromatic rings. The van der Waals surface area contributed by atoms with Crippen molar-refractivity contribution in [2.45, 2.75) is 6.92 Å². The molecule has 0 radical (unpaired) electrons. The van der Waals surface area contributed by atoms with Crippen LogP contribution in [0.15, 0.2) is 46.0 Å². The number of methoxy groups -OCH3 is 2. The standard InChI is InChI=1S/C17H17BrN2O3/c1-11-4-6-12(7-5-11)17(21)20-19-10-13-8-14(18)16(23-3)9-15(13)22-2/h4-10H,1-3H3,(H,20,21)/b19-10-. The van der Waals surface area contributed by atoms with Gasteiger partial charge < -0.3 is 9.47 Å². The van der Waals surface area contributed by atoms with Crippen LogP contribution in [0.5, 0.6) is 11.5 Å². The summed E-state index contributed by atoms with van der Waals surface area (Å²) in [5.74, 6) is 0.980. The fourth-order valence-electron chi connectivity index (χ4n) is 1.91. The molecular formula is C17H17BrN2O3. The summed E-state index contributed by atoms with van der Waals surface area (Å²) in [5.41, 5.74) is 4.85. The van der Waals surface area contributed by atoms with Gasteiger partial charge in [0, 0.05) is 17.2 Å². The van der Waals surface area contributed by atoms with Gasteiger partial charge in [-0.3, -0.25) is 4.79 Å². The van der Waals surface area contributed by atoms with Crippen molar-refractivity contribution in [3.8, 4) is 11.5 Å². The van der Waals surface area contributed by atoms with Gasteiger partial charge >= 0.3 is 0 Å². The lowest BCUT2D eigenvalue weighted by atomic mass is 10.1. The second-order valence-corrected chi connectivity index (χ2v) is 5.65. The molecule has 0 aromatic heterocycles. The smallest absolute Gasteiger partial charge is 0.271 e. The molecule has 0 heterocycles. The van der Waals surface area contributed by atoms with E-state index in [0.29, 0.717) is 22.6 Å². The summed E-state index contributed by atoms with van der Waals surface area (Å²) in [6, 6.07) is 10.8. The minimum Gasteiger partial charge on any atom is -0.496 e. The van der Waals surface area contributed by atoms with E-state index in [0.717, 1.165) is 10.0 Å². The monoisotopic (exact) mass is 376 g/mol. The van der Waals surface area contributed by atoms with Gasteiger partial charge in [0.25, 0.3) is 5.91 Å². The van der Waals surface area contributed by atoms with E-state index in [4.69, 9.17) is 9.47 Å². The van der Waals surface area contributed by atoms with Gasteiger partial charge in [-0.05, 0) is 41.1 Å². The van der Waals surface area contributed by atoms with Crippen molar-refractivity contribution in [2.75, 3.05) is 14.2 Å². The van der Waals surface area contributed by atoms with Gasteiger partial charge in [0.1, 0.15) is 11.5 Å². The number of nitrogens with one attached hydrogen (secondary N) is 1. The maximum Gasteiger partial charge on any atom is 0.271 e. The Morgan fingerprint density at radius 3 is 2.39 bits per heavy atom. The van der Waals surface area contributed by atoms with Crippen LogP contribution in [0, 0.1) is 6.92 Å². The average Bonchev–Trinajstić information content (AvgIpc) is 2.55. The molecule has 6 heteroatoms. The van der Waals surface area contributed by atoms with E-state index in [1.165, 1.54) is 6.21 Å². The maximum atomic E-state index is 12.0. The number of aryl methyl sites for hydroxylation is 1. The van der Waals surface area contributed by atoms with Gasteiger partial charge in [-0.2, -0.15) is 5.10 Å². The van der Waals surface area contributed by atoms with Crippen LogP contribution in [0.4, 0.5) is 0 Å². The van der Waals surface area contributed by atoms with Gasteiger partial charge in [0.2, 0.25) is 0 Å². The number of hydrogen-bond donors (Lipinski definition) is 1. The van der Waals surface area contributed by atoms with E-state index in [2.05, 4.69) is 26.5 Å². The minimum atomic E-state index is -0.271. The van der Waals surface area contributed by atoms with Gasteiger partial charge in [-0.15, -0.1) is 0 Å². The average molecular weight is 377 g/mol. The highest BCUT2D eigenvalue weighted by Crippen LogP contribution is 2.31. The molecule has 1 amide bonds. The van der Waals surface area contributed by atoms with Crippen molar-refractivity contribution in [1.82, 2.24) is 5.43 Å². The second kappa shape index (κ2) is 7.78. The highest BCUT2D eigenvalue weighted by Gasteiger charge is 2.08. The summed E-state index contributed by atoms with van der Waals surface area (Å²) >= 11 is 3.41. The number of carbonyl (C=O) groups is 1. The first-order valence-electron chi connectivity index (χ1n) is 6.86. The van der Waals surface area contributed by atoms with Crippen LogP contribution in [0.3, 0.4) is 0 Å². The molecule has 0 saturated heterocycles. The van der Waals surface area contributed by atoms with Crippen LogP contribution >= 0.6 is 15.9 Å². The fraction of sp³-hybridized carbons (Fsp3) is 0.176. The van der Waals surface area contributed by atoms with Crippen molar-refractivity contribution in [1.29, 1.82) is 0 Å². The molecule has 0 fully saturated rings. The number of rotatable bonds is 5. The number of nitrogens with zero attached hydrogens (tertiary/aromatic N) is 1. The molecule has 0 aliphatic rings. The summed E-state index contributed by atoms with van der Waals surface area (Å²) in [6.07, 6.45) is 1.52. The summed E-state index contributed by atoms with van der Waals surface area (Å²) in [4.78, 5) is 12.0. The number of carbonyl (C=O) groups excluding carboxylic acids is 1. The molecule has 0 unspecified atom stereocenters. The summed E-state index contributed by atoms with van der Waals surface area (Å²) in [6.45, 7) is 1.97. The van der Waals surface area contributed by atoms with Crippen molar-refractivity contribution < 1.29 is 14.3 Å². The molecule has 0 saturated carbocycles. The number of benzene rings is 2. The molecule has 120 valence electrons. The van der Waals surface area contributed by atoms with Crippen molar-refractivity contribution in [3.63, 3.8) is 0 Å². The molecular weight excluding hydrogens is 360 g/mol. The van der Waals surface area contributed by atoms with Crippen molar-refractivity contribution in [3.05, 3.63) is 57.6 Å². The molecule has 0 aliphatic heterocycles. The van der Waals surface area contributed by atoms with Crippen molar-refractivity contribution >= 4 is 28.1 Å². The zero-order chi connectivity index (χ0) is 16.8. The topological polar surface area (TPSA) is 59.9 Å². The SMILES string of the molecule is COc1cc(OC)c(/C=N\NC(=O)c2ccc(C)cc2)cc1Br. The molecule has 23 heavy (non-hydrogen) atoms. The van der Waals surface area contributed by atoms with E-state index in [1.54, 1.807) is 38.5 Å². The molecule has 0 bridgehead atoms. The van der Waals surface area contributed by atoms with Gasteiger partial charge in [-0.25, -0.2) is 5.43 Å². The highest BCUT2D eigenvalue weighted by atomic mass is 79.9. The Hall–Kier alpha value is -2.34. The van der Waals surface area contributed by atoms with Crippen LogP contribution < -0.4 is 14.9 Å². The van der Waals surface area contributed by atoms with Crippen LogP contribution in [-0.4, -0.2) is 26.3 Å². The Kier molecular flexibility index (Phi) is 5.76. The van der Waals surface area contributed by atoms with Gasteiger partial charge in [-0.1, -0.05) is 17.7 Å². The Balaban J connectivity index is 2.12. The molecule has 2 rings (SSSR count). The number of amides is 1. The largest absolute Gasteiger partial charge is 0.496 e. The Morgan fingerprint density at radius 1 is 1.13 bits per heavy atom. The number of halogens is 1. The Bertz CT molecular complexity index is 727. The van der Waals surface area contributed by atoms with Crippen molar-refractivity contribution in [2.24, 2.45) is 5.10 Å². The summed E-state index contributed by atoms with van der Waals surface area (Å²) in [5, 5.41) is 3.98. The second-order valence-electron chi connectivity index (χ2n) is 4.79.